The first-order valence-corrected chi connectivity index (χ1v) is 7.71. The van der Waals surface area contributed by atoms with Crippen molar-refractivity contribution in [3.8, 4) is 0 Å². The number of unbranched alkanes of at least 4 members (excludes halogenated alkanes) is 8. The first kappa shape index (κ1) is 16.5. The zero-order valence-corrected chi connectivity index (χ0v) is 12.1. The molecule has 0 aliphatic carbocycles. The fourth-order valence-corrected chi connectivity index (χ4v) is 1.82. The van der Waals surface area contributed by atoms with Gasteiger partial charge < -0.3 is 0 Å². The van der Waals surface area contributed by atoms with Crippen molar-refractivity contribution in [3.05, 3.63) is 24.3 Å². The van der Waals surface area contributed by atoms with Crippen LogP contribution in [0.5, 0.6) is 0 Å². The van der Waals surface area contributed by atoms with Crippen molar-refractivity contribution in [2.24, 2.45) is 0 Å². The van der Waals surface area contributed by atoms with E-state index in [-0.39, 0.29) is 0 Å². The third kappa shape index (κ3) is 15.5. The molecule has 0 aliphatic heterocycles. The fraction of sp³-hybridized carbons (Fsp3) is 0.765. The van der Waals surface area contributed by atoms with Gasteiger partial charge in [0.2, 0.25) is 0 Å². The molecular formula is C17H32. The van der Waals surface area contributed by atoms with E-state index in [0.29, 0.717) is 0 Å². The molecule has 0 spiro atoms. The molecule has 0 aromatic carbocycles. The van der Waals surface area contributed by atoms with Crippen molar-refractivity contribution in [2.75, 3.05) is 0 Å². The largest absolute Gasteiger partial charge is 0.0885 e. The van der Waals surface area contributed by atoms with Gasteiger partial charge in [-0.15, -0.1) is 0 Å². The van der Waals surface area contributed by atoms with Crippen LogP contribution in [0.15, 0.2) is 24.3 Å². The van der Waals surface area contributed by atoms with E-state index < -0.39 is 0 Å². The van der Waals surface area contributed by atoms with Gasteiger partial charge in [0, 0.05) is 0 Å². The molecule has 0 amide bonds. The molecule has 0 aromatic heterocycles. The summed E-state index contributed by atoms with van der Waals surface area (Å²) in [6.07, 6.45) is 24.0. The Balaban J connectivity index is 3.07. The molecule has 100 valence electrons. The molecule has 0 saturated carbocycles. The zero-order chi connectivity index (χ0) is 12.6. The molecular weight excluding hydrogens is 204 g/mol. The molecule has 17 heavy (non-hydrogen) atoms. The van der Waals surface area contributed by atoms with Gasteiger partial charge in [-0.2, -0.15) is 0 Å². The van der Waals surface area contributed by atoms with E-state index in [4.69, 9.17) is 0 Å². The molecule has 0 aliphatic rings. The number of rotatable bonds is 12. The van der Waals surface area contributed by atoms with Gasteiger partial charge in [-0.25, -0.2) is 0 Å². The molecule has 0 saturated heterocycles. The van der Waals surface area contributed by atoms with Gasteiger partial charge in [-0.05, 0) is 38.5 Å². The van der Waals surface area contributed by atoms with E-state index in [9.17, 15) is 0 Å². The quantitative estimate of drug-likeness (QED) is 0.270. The van der Waals surface area contributed by atoms with Gasteiger partial charge in [-0.1, -0.05) is 70.3 Å². The van der Waals surface area contributed by atoms with Gasteiger partial charge in [0.15, 0.2) is 0 Å². The maximum absolute atomic E-state index is 2.37. The number of hydrogen-bond acceptors (Lipinski definition) is 0. The van der Waals surface area contributed by atoms with Crippen LogP contribution in [0, 0.1) is 0 Å². The minimum Gasteiger partial charge on any atom is -0.0885 e. The Hall–Kier alpha value is -0.520. The van der Waals surface area contributed by atoms with E-state index >= 15 is 0 Å². The Labute approximate surface area is 109 Å². The lowest BCUT2D eigenvalue weighted by molar-refractivity contribution is 0.692. The summed E-state index contributed by atoms with van der Waals surface area (Å²) in [6.45, 7) is 4.50. The highest BCUT2D eigenvalue weighted by Gasteiger charge is 1.86. The molecule has 0 atom stereocenters. The SMILES string of the molecule is CCCCC=CCCCCCC=CCCCC. The molecule has 0 heterocycles. The van der Waals surface area contributed by atoms with Crippen LogP contribution in [0.3, 0.4) is 0 Å². The molecule has 0 bridgehead atoms. The van der Waals surface area contributed by atoms with E-state index in [1.165, 1.54) is 70.6 Å². The lowest BCUT2D eigenvalue weighted by atomic mass is 10.1. The average Bonchev–Trinajstić information content (AvgIpc) is 2.35. The normalized spacial score (nSPS) is 11.9. The Morgan fingerprint density at radius 1 is 0.471 bits per heavy atom. The average molecular weight is 236 g/mol. The molecule has 0 aromatic rings. The molecule has 0 fully saturated rings. The third-order valence-corrected chi connectivity index (χ3v) is 3.02. The van der Waals surface area contributed by atoms with Crippen molar-refractivity contribution in [1.29, 1.82) is 0 Å². The van der Waals surface area contributed by atoms with E-state index in [1.54, 1.807) is 0 Å². The predicted molar refractivity (Wildman–Crippen MR) is 80.4 cm³/mol. The maximum Gasteiger partial charge on any atom is -0.0351 e. The van der Waals surface area contributed by atoms with Crippen LogP contribution < -0.4 is 0 Å². The second-order valence-corrected chi connectivity index (χ2v) is 4.87. The van der Waals surface area contributed by atoms with E-state index in [2.05, 4.69) is 38.2 Å². The Morgan fingerprint density at radius 2 is 0.824 bits per heavy atom. The molecule has 0 unspecified atom stereocenters. The lowest BCUT2D eigenvalue weighted by Crippen LogP contribution is -1.76. The Bertz CT molecular complexity index is 156. The van der Waals surface area contributed by atoms with E-state index in [1.807, 2.05) is 0 Å². The second-order valence-electron chi connectivity index (χ2n) is 4.87. The van der Waals surface area contributed by atoms with Crippen LogP contribution in [0.25, 0.3) is 0 Å². The molecule has 0 rings (SSSR count). The Morgan fingerprint density at radius 3 is 1.18 bits per heavy atom. The zero-order valence-electron chi connectivity index (χ0n) is 12.1. The maximum atomic E-state index is 2.37. The standard InChI is InChI=1S/C17H32/c1-3-5-7-9-11-13-15-17-16-14-12-10-8-6-4-2/h9-12H,3-8,13-17H2,1-2H3. The highest BCUT2D eigenvalue weighted by atomic mass is 13.9. The number of hydrogen-bond donors (Lipinski definition) is 0. The van der Waals surface area contributed by atoms with Gasteiger partial charge in [0.1, 0.15) is 0 Å². The van der Waals surface area contributed by atoms with Crippen LogP contribution in [-0.2, 0) is 0 Å². The topological polar surface area (TPSA) is 0 Å². The summed E-state index contributed by atoms with van der Waals surface area (Å²) >= 11 is 0. The monoisotopic (exact) mass is 236 g/mol. The minimum atomic E-state index is 1.27. The van der Waals surface area contributed by atoms with Crippen molar-refractivity contribution in [2.45, 2.75) is 84.5 Å². The molecule has 0 nitrogen and oxygen atoms in total. The fourth-order valence-electron chi connectivity index (χ4n) is 1.82. The van der Waals surface area contributed by atoms with Gasteiger partial charge in [0.05, 0.1) is 0 Å². The van der Waals surface area contributed by atoms with Crippen molar-refractivity contribution < 1.29 is 0 Å². The first-order valence-electron chi connectivity index (χ1n) is 7.71. The summed E-state index contributed by atoms with van der Waals surface area (Å²) in [5.41, 5.74) is 0. The van der Waals surface area contributed by atoms with Crippen LogP contribution in [0.4, 0.5) is 0 Å². The van der Waals surface area contributed by atoms with Gasteiger partial charge in [-0.3, -0.25) is 0 Å². The molecule has 0 radical (unpaired) electrons. The minimum absolute atomic E-state index is 1.27. The highest BCUT2D eigenvalue weighted by Crippen LogP contribution is 2.06. The predicted octanol–water partition coefficient (Wildman–Crippen LogP) is 6.43. The summed E-state index contributed by atoms with van der Waals surface area (Å²) in [5.74, 6) is 0. The van der Waals surface area contributed by atoms with Crippen LogP contribution in [0.2, 0.25) is 0 Å². The van der Waals surface area contributed by atoms with Crippen molar-refractivity contribution in [3.63, 3.8) is 0 Å². The highest BCUT2D eigenvalue weighted by molar-refractivity contribution is 4.82. The lowest BCUT2D eigenvalue weighted by Gasteiger charge is -1.95. The molecule has 0 N–H and O–H groups in total. The van der Waals surface area contributed by atoms with Gasteiger partial charge in [0.25, 0.3) is 0 Å². The summed E-state index contributed by atoms with van der Waals surface area (Å²) in [6, 6.07) is 0. The van der Waals surface area contributed by atoms with Crippen molar-refractivity contribution >= 4 is 0 Å². The smallest absolute Gasteiger partial charge is 0.0351 e. The van der Waals surface area contributed by atoms with Crippen LogP contribution in [-0.4, -0.2) is 0 Å². The first-order chi connectivity index (χ1) is 8.41. The van der Waals surface area contributed by atoms with Crippen molar-refractivity contribution in [1.82, 2.24) is 0 Å². The summed E-state index contributed by atoms with van der Waals surface area (Å²) in [7, 11) is 0. The number of allylic oxidation sites excluding steroid dienone is 4. The summed E-state index contributed by atoms with van der Waals surface area (Å²) < 4.78 is 0. The third-order valence-electron chi connectivity index (χ3n) is 3.02. The van der Waals surface area contributed by atoms with Crippen LogP contribution >= 0.6 is 0 Å². The second kappa shape index (κ2) is 15.5. The van der Waals surface area contributed by atoms with E-state index in [0.717, 1.165) is 0 Å². The van der Waals surface area contributed by atoms with Gasteiger partial charge >= 0.3 is 0 Å². The molecule has 0 heteroatoms. The summed E-state index contributed by atoms with van der Waals surface area (Å²) in [5, 5.41) is 0. The van der Waals surface area contributed by atoms with Crippen LogP contribution in [0.1, 0.15) is 84.5 Å². The summed E-state index contributed by atoms with van der Waals surface area (Å²) in [4.78, 5) is 0. The Kier molecular flexibility index (Phi) is 15.0.